The minimum Gasteiger partial charge on any atom is -0.508 e. The van der Waals surface area contributed by atoms with Crippen molar-refractivity contribution in [3.05, 3.63) is 107 Å². The van der Waals surface area contributed by atoms with Crippen LogP contribution in [-0.4, -0.2) is 26.7 Å². The van der Waals surface area contributed by atoms with E-state index in [1.54, 1.807) is 24.5 Å². The zero-order valence-corrected chi connectivity index (χ0v) is 18.3. The summed E-state index contributed by atoms with van der Waals surface area (Å²) in [6.07, 6.45) is 3.96. The SMILES string of the molecule is Cc1ccc(-c2ccc(C(=O)N3N=C(c4cccnc4)CC3c3ccccc3O)s2)cc1. The number of phenols is 1. The molecule has 1 N–H and O–H groups in total. The van der Waals surface area contributed by atoms with E-state index < -0.39 is 0 Å². The Hall–Kier alpha value is -3.77. The van der Waals surface area contributed by atoms with Gasteiger partial charge >= 0.3 is 0 Å². The zero-order valence-electron chi connectivity index (χ0n) is 17.5. The van der Waals surface area contributed by atoms with Gasteiger partial charge in [0.1, 0.15) is 5.75 Å². The molecule has 0 radical (unpaired) electrons. The van der Waals surface area contributed by atoms with Gasteiger partial charge in [0.2, 0.25) is 0 Å². The number of para-hydroxylation sites is 1. The molecule has 2 aromatic heterocycles. The molecular weight excluding hydrogens is 418 g/mol. The van der Waals surface area contributed by atoms with Crippen molar-refractivity contribution in [3.8, 4) is 16.2 Å². The molecule has 0 bridgehead atoms. The van der Waals surface area contributed by atoms with Gasteiger partial charge in [-0.1, -0.05) is 54.1 Å². The van der Waals surface area contributed by atoms with Crippen LogP contribution in [0.15, 0.2) is 90.3 Å². The molecule has 1 aliphatic heterocycles. The Kier molecular flexibility index (Phi) is 5.29. The molecule has 0 aliphatic carbocycles. The van der Waals surface area contributed by atoms with E-state index in [-0.39, 0.29) is 17.7 Å². The second-order valence-electron chi connectivity index (χ2n) is 7.75. The number of hydrogen-bond donors (Lipinski definition) is 1. The highest BCUT2D eigenvalue weighted by Crippen LogP contribution is 2.39. The molecule has 158 valence electrons. The topological polar surface area (TPSA) is 65.8 Å². The third-order valence-corrected chi connectivity index (χ3v) is 6.68. The molecule has 0 fully saturated rings. The fraction of sp³-hybridized carbons (Fsp3) is 0.115. The van der Waals surface area contributed by atoms with Crippen LogP contribution in [0.3, 0.4) is 0 Å². The van der Waals surface area contributed by atoms with Crippen molar-refractivity contribution >= 4 is 23.0 Å². The highest BCUT2D eigenvalue weighted by molar-refractivity contribution is 7.17. The summed E-state index contributed by atoms with van der Waals surface area (Å²) in [6.45, 7) is 2.05. The number of thiophene rings is 1. The molecule has 1 atom stereocenters. The predicted octanol–water partition coefficient (Wildman–Crippen LogP) is 5.82. The van der Waals surface area contributed by atoms with Crippen LogP contribution in [0.2, 0.25) is 0 Å². The molecule has 1 amide bonds. The minimum atomic E-state index is -0.385. The lowest BCUT2D eigenvalue weighted by molar-refractivity contribution is 0.0714. The van der Waals surface area contributed by atoms with E-state index in [1.807, 2.05) is 36.4 Å². The Morgan fingerprint density at radius 2 is 1.81 bits per heavy atom. The fourth-order valence-corrected chi connectivity index (χ4v) is 4.80. The summed E-state index contributed by atoms with van der Waals surface area (Å²) in [6, 6.07) is 22.6. The molecule has 5 nitrogen and oxygen atoms in total. The van der Waals surface area contributed by atoms with Gasteiger partial charge in [-0.2, -0.15) is 5.10 Å². The third kappa shape index (κ3) is 3.81. The number of hydrazone groups is 1. The molecule has 0 saturated carbocycles. The largest absolute Gasteiger partial charge is 0.508 e. The van der Waals surface area contributed by atoms with Crippen LogP contribution in [0.4, 0.5) is 0 Å². The lowest BCUT2D eigenvalue weighted by Gasteiger charge is -2.22. The first-order valence-corrected chi connectivity index (χ1v) is 11.2. The molecule has 0 spiro atoms. The molecule has 0 saturated heterocycles. The summed E-state index contributed by atoms with van der Waals surface area (Å²) in [4.78, 5) is 19.4. The van der Waals surface area contributed by atoms with Crippen molar-refractivity contribution < 1.29 is 9.90 Å². The normalized spacial score (nSPS) is 15.6. The van der Waals surface area contributed by atoms with E-state index in [2.05, 4.69) is 41.3 Å². The van der Waals surface area contributed by atoms with E-state index in [4.69, 9.17) is 0 Å². The Morgan fingerprint density at radius 1 is 1.00 bits per heavy atom. The third-order valence-electron chi connectivity index (χ3n) is 5.56. The maximum Gasteiger partial charge on any atom is 0.284 e. The molecule has 1 aliphatic rings. The average Bonchev–Trinajstić information content (AvgIpc) is 3.48. The van der Waals surface area contributed by atoms with E-state index in [9.17, 15) is 9.90 Å². The van der Waals surface area contributed by atoms with E-state index in [1.165, 1.54) is 21.9 Å². The van der Waals surface area contributed by atoms with Gasteiger partial charge < -0.3 is 5.11 Å². The fourth-order valence-electron chi connectivity index (χ4n) is 3.86. The van der Waals surface area contributed by atoms with Crippen molar-refractivity contribution in [3.63, 3.8) is 0 Å². The van der Waals surface area contributed by atoms with Gasteiger partial charge in [0.25, 0.3) is 5.91 Å². The number of carbonyl (C=O) groups is 1. The molecule has 6 heteroatoms. The Balaban J connectivity index is 1.51. The number of pyridine rings is 1. The first kappa shape index (κ1) is 20.2. The second kappa shape index (κ2) is 8.40. The van der Waals surface area contributed by atoms with Crippen LogP contribution in [0.1, 0.15) is 38.8 Å². The maximum atomic E-state index is 13.5. The summed E-state index contributed by atoms with van der Waals surface area (Å²) >= 11 is 1.45. The smallest absolute Gasteiger partial charge is 0.284 e. The molecule has 1 unspecified atom stereocenters. The number of aromatic nitrogens is 1. The quantitative estimate of drug-likeness (QED) is 0.436. The number of phenolic OH excluding ortho intramolecular Hbond substituents is 1. The number of hydrogen-bond acceptors (Lipinski definition) is 5. The van der Waals surface area contributed by atoms with Crippen LogP contribution < -0.4 is 0 Å². The number of benzene rings is 2. The van der Waals surface area contributed by atoms with E-state index in [0.717, 1.165) is 21.7 Å². The summed E-state index contributed by atoms with van der Waals surface area (Å²) < 4.78 is 0. The molecule has 3 heterocycles. The van der Waals surface area contributed by atoms with Gasteiger partial charge in [0, 0.05) is 34.8 Å². The number of carbonyl (C=O) groups excluding carboxylic acids is 1. The first-order valence-electron chi connectivity index (χ1n) is 10.4. The van der Waals surface area contributed by atoms with Gasteiger partial charge in [0.15, 0.2) is 0 Å². The molecule has 4 aromatic rings. The maximum absolute atomic E-state index is 13.5. The first-order chi connectivity index (χ1) is 15.6. The number of amides is 1. The molecule has 2 aromatic carbocycles. The molecule has 32 heavy (non-hydrogen) atoms. The highest BCUT2D eigenvalue weighted by Gasteiger charge is 2.35. The number of aryl methyl sites for hydroxylation is 1. The average molecular weight is 440 g/mol. The standard InChI is InChI=1S/C26H21N3O2S/c1-17-8-10-18(11-9-17)24-12-13-25(32-24)26(31)29-22(20-6-2-3-7-23(20)30)15-21(28-29)19-5-4-14-27-16-19/h2-14,16,22,30H,15H2,1H3. The van der Waals surface area contributed by atoms with E-state index in [0.29, 0.717) is 16.9 Å². The minimum absolute atomic E-state index is 0.157. The van der Waals surface area contributed by atoms with Crippen molar-refractivity contribution in [1.29, 1.82) is 0 Å². The van der Waals surface area contributed by atoms with Crippen molar-refractivity contribution in [2.45, 2.75) is 19.4 Å². The summed E-state index contributed by atoms with van der Waals surface area (Å²) in [7, 11) is 0. The monoisotopic (exact) mass is 439 g/mol. The van der Waals surface area contributed by atoms with Gasteiger partial charge in [-0.3, -0.25) is 9.78 Å². The van der Waals surface area contributed by atoms with Gasteiger partial charge in [-0.15, -0.1) is 11.3 Å². The number of aromatic hydroxyl groups is 1. The molecule has 5 rings (SSSR count). The van der Waals surface area contributed by atoms with Gasteiger partial charge in [0.05, 0.1) is 16.6 Å². The Bertz CT molecular complexity index is 1300. The van der Waals surface area contributed by atoms with Crippen molar-refractivity contribution in [1.82, 2.24) is 9.99 Å². The van der Waals surface area contributed by atoms with Crippen LogP contribution in [0.25, 0.3) is 10.4 Å². The Morgan fingerprint density at radius 3 is 2.56 bits per heavy atom. The van der Waals surface area contributed by atoms with Crippen molar-refractivity contribution in [2.75, 3.05) is 0 Å². The summed E-state index contributed by atoms with van der Waals surface area (Å²) in [5, 5.41) is 16.7. The lowest BCUT2D eigenvalue weighted by atomic mass is 9.98. The predicted molar refractivity (Wildman–Crippen MR) is 127 cm³/mol. The highest BCUT2D eigenvalue weighted by atomic mass is 32.1. The number of nitrogens with zero attached hydrogens (tertiary/aromatic N) is 3. The van der Waals surface area contributed by atoms with Crippen molar-refractivity contribution in [2.24, 2.45) is 5.10 Å². The van der Waals surface area contributed by atoms with Crippen LogP contribution >= 0.6 is 11.3 Å². The van der Waals surface area contributed by atoms with Crippen LogP contribution in [0, 0.1) is 6.92 Å². The van der Waals surface area contributed by atoms with E-state index >= 15 is 0 Å². The summed E-state index contributed by atoms with van der Waals surface area (Å²) in [5.41, 5.74) is 4.60. The van der Waals surface area contributed by atoms with Crippen LogP contribution in [0.5, 0.6) is 5.75 Å². The molecular formula is C26H21N3O2S. The lowest BCUT2D eigenvalue weighted by Crippen LogP contribution is -2.26. The summed E-state index contributed by atoms with van der Waals surface area (Å²) in [5.74, 6) is -0.0232. The second-order valence-corrected chi connectivity index (χ2v) is 8.83. The Labute approximate surface area is 190 Å². The zero-order chi connectivity index (χ0) is 22.1. The number of rotatable bonds is 4. The van der Waals surface area contributed by atoms with Crippen LogP contribution in [-0.2, 0) is 0 Å². The van der Waals surface area contributed by atoms with Gasteiger partial charge in [-0.25, -0.2) is 5.01 Å². The van der Waals surface area contributed by atoms with Gasteiger partial charge in [-0.05, 0) is 36.8 Å².